The summed E-state index contributed by atoms with van der Waals surface area (Å²) in [6.07, 6.45) is 1.31. The molecule has 0 radical (unpaired) electrons. The van der Waals surface area contributed by atoms with Crippen molar-refractivity contribution in [2.24, 2.45) is 11.5 Å². The van der Waals surface area contributed by atoms with Crippen molar-refractivity contribution >= 4 is 17.9 Å². The second-order valence-corrected chi connectivity index (χ2v) is 1.97. The van der Waals surface area contributed by atoms with Crippen molar-refractivity contribution in [2.75, 3.05) is 5.32 Å². The number of carbonyl (C=O) groups is 2. The molecule has 5 N–H and O–H groups in total. The number of nitrogens with one attached hydrogen (secondary N) is 1. The van der Waals surface area contributed by atoms with E-state index in [9.17, 15) is 9.59 Å². The topological polar surface area (TPSA) is 116 Å². The van der Waals surface area contributed by atoms with Crippen molar-refractivity contribution in [3.63, 3.8) is 0 Å². The molecule has 0 fully saturated rings. The zero-order chi connectivity index (χ0) is 9.14. The van der Waals surface area contributed by atoms with Crippen LogP contribution in [0.3, 0.4) is 0 Å². The quantitative estimate of drug-likeness (QED) is 0.516. The number of hydrogen-bond donors (Lipinski definition) is 3. The SMILES string of the molecule is NC(=O)Nc1ccn(C(N)=O)n1. The second kappa shape index (κ2) is 2.91. The van der Waals surface area contributed by atoms with E-state index in [1.54, 1.807) is 0 Å². The van der Waals surface area contributed by atoms with Gasteiger partial charge in [-0.2, -0.15) is 4.68 Å². The first kappa shape index (κ1) is 8.05. The van der Waals surface area contributed by atoms with Gasteiger partial charge in [0.2, 0.25) is 0 Å². The van der Waals surface area contributed by atoms with Gasteiger partial charge in [0.1, 0.15) is 0 Å². The van der Waals surface area contributed by atoms with Crippen LogP contribution in [0.15, 0.2) is 12.3 Å². The maximum Gasteiger partial charge on any atom is 0.339 e. The van der Waals surface area contributed by atoms with Gasteiger partial charge in [-0.3, -0.25) is 5.32 Å². The number of hydrogen-bond acceptors (Lipinski definition) is 3. The van der Waals surface area contributed by atoms with E-state index in [4.69, 9.17) is 11.5 Å². The van der Waals surface area contributed by atoms with Gasteiger partial charge in [-0.05, 0) is 0 Å². The molecule has 0 bridgehead atoms. The van der Waals surface area contributed by atoms with Gasteiger partial charge in [0, 0.05) is 12.3 Å². The summed E-state index contributed by atoms with van der Waals surface area (Å²) in [5, 5.41) is 5.76. The Kier molecular flexibility index (Phi) is 1.95. The number of urea groups is 1. The van der Waals surface area contributed by atoms with E-state index in [0.29, 0.717) is 0 Å². The van der Waals surface area contributed by atoms with Crippen molar-refractivity contribution in [3.05, 3.63) is 12.3 Å². The molecule has 3 amide bonds. The van der Waals surface area contributed by atoms with Crippen LogP contribution in [0, 0.1) is 0 Å². The lowest BCUT2D eigenvalue weighted by Gasteiger charge is -1.93. The largest absolute Gasteiger partial charge is 0.351 e. The molecule has 0 aromatic carbocycles. The van der Waals surface area contributed by atoms with E-state index in [-0.39, 0.29) is 5.82 Å². The molecule has 1 heterocycles. The molecule has 64 valence electrons. The summed E-state index contributed by atoms with van der Waals surface area (Å²) in [6, 6.07) is -0.0764. The van der Waals surface area contributed by atoms with Crippen molar-refractivity contribution in [1.82, 2.24) is 9.78 Å². The van der Waals surface area contributed by atoms with E-state index >= 15 is 0 Å². The fraction of sp³-hybridized carbons (Fsp3) is 0. The monoisotopic (exact) mass is 169 g/mol. The highest BCUT2D eigenvalue weighted by Gasteiger charge is 2.02. The van der Waals surface area contributed by atoms with Crippen LogP contribution in [0.1, 0.15) is 0 Å². The molecule has 0 spiro atoms. The van der Waals surface area contributed by atoms with Gasteiger partial charge in [-0.25, -0.2) is 9.59 Å². The summed E-state index contributed by atoms with van der Waals surface area (Å²) >= 11 is 0. The summed E-state index contributed by atoms with van der Waals surface area (Å²) in [4.78, 5) is 20.8. The molecule has 1 aromatic heterocycles. The molecular weight excluding hydrogens is 162 g/mol. The van der Waals surface area contributed by atoms with E-state index in [2.05, 4.69) is 10.4 Å². The van der Waals surface area contributed by atoms with Gasteiger partial charge < -0.3 is 11.5 Å². The molecule has 1 rings (SSSR count). The summed E-state index contributed by atoms with van der Waals surface area (Å²) in [7, 11) is 0. The van der Waals surface area contributed by atoms with Crippen LogP contribution in [0.2, 0.25) is 0 Å². The Morgan fingerprint density at radius 1 is 1.50 bits per heavy atom. The third-order valence-electron chi connectivity index (χ3n) is 1.07. The first-order chi connectivity index (χ1) is 5.59. The first-order valence-corrected chi connectivity index (χ1v) is 3.01. The van der Waals surface area contributed by atoms with Crippen LogP contribution in [-0.4, -0.2) is 21.8 Å². The minimum atomic E-state index is -0.746. The normalized spacial score (nSPS) is 9.33. The number of primary amides is 2. The van der Waals surface area contributed by atoms with Crippen molar-refractivity contribution in [2.45, 2.75) is 0 Å². The standard InChI is InChI=1S/C5H7N5O2/c6-4(11)8-3-1-2-10(9-3)5(7)12/h1-2H,(H2,7,12)(H3,6,8,9,11). The van der Waals surface area contributed by atoms with Gasteiger partial charge in [-0.1, -0.05) is 0 Å². The third-order valence-corrected chi connectivity index (χ3v) is 1.07. The minimum Gasteiger partial charge on any atom is -0.351 e. The van der Waals surface area contributed by atoms with E-state index in [1.807, 2.05) is 0 Å². The fourth-order valence-electron chi connectivity index (χ4n) is 0.640. The van der Waals surface area contributed by atoms with Crippen molar-refractivity contribution < 1.29 is 9.59 Å². The summed E-state index contributed by atoms with van der Waals surface area (Å²) in [6.45, 7) is 0. The lowest BCUT2D eigenvalue weighted by atomic mass is 10.6. The van der Waals surface area contributed by atoms with Gasteiger partial charge in [-0.15, -0.1) is 5.10 Å². The molecule has 0 atom stereocenters. The van der Waals surface area contributed by atoms with Crippen LogP contribution >= 0.6 is 0 Å². The second-order valence-electron chi connectivity index (χ2n) is 1.97. The smallest absolute Gasteiger partial charge is 0.339 e. The molecule has 1 aromatic rings. The van der Waals surface area contributed by atoms with Gasteiger partial charge in [0.15, 0.2) is 5.82 Å². The van der Waals surface area contributed by atoms with E-state index < -0.39 is 12.1 Å². The maximum absolute atomic E-state index is 10.5. The fourth-order valence-corrected chi connectivity index (χ4v) is 0.640. The molecule has 12 heavy (non-hydrogen) atoms. The Hall–Kier alpha value is -2.05. The van der Waals surface area contributed by atoms with E-state index in [1.165, 1.54) is 12.3 Å². The minimum absolute atomic E-state index is 0.182. The van der Waals surface area contributed by atoms with Crippen molar-refractivity contribution in [3.8, 4) is 0 Å². The highest BCUT2D eigenvalue weighted by Crippen LogP contribution is 1.99. The predicted molar refractivity (Wildman–Crippen MR) is 40.4 cm³/mol. The summed E-state index contributed by atoms with van der Waals surface area (Å²) < 4.78 is 0.880. The van der Waals surface area contributed by atoms with Crippen LogP contribution < -0.4 is 16.8 Å². The lowest BCUT2D eigenvalue weighted by molar-refractivity contribution is 0.247. The highest BCUT2D eigenvalue weighted by atomic mass is 16.2. The average Bonchev–Trinajstić information content (AvgIpc) is 2.34. The van der Waals surface area contributed by atoms with E-state index in [0.717, 1.165) is 4.68 Å². The van der Waals surface area contributed by atoms with Crippen LogP contribution in [0.5, 0.6) is 0 Å². The molecule has 0 aliphatic heterocycles. The molecule has 7 nitrogen and oxygen atoms in total. The van der Waals surface area contributed by atoms with Gasteiger partial charge >= 0.3 is 12.1 Å². The summed E-state index contributed by atoms with van der Waals surface area (Å²) in [5.74, 6) is 0.182. The average molecular weight is 169 g/mol. The number of aromatic nitrogens is 2. The Bertz CT molecular complexity index is 317. The lowest BCUT2D eigenvalue weighted by Crippen LogP contribution is -2.22. The number of carbonyl (C=O) groups excluding carboxylic acids is 2. The number of rotatable bonds is 1. The maximum atomic E-state index is 10.5. The molecule has 0 saturated carbocycles. The number of amides is 3. The summed E-state index contributed by atoms with van der Waals surface area (Å²) in [5.41, 5.74) is 9.67. The highest BCUT2D eigenvalue weighted by molar-refractivity contribution is 5.86. The van der Waals surface area contributed by atoms with Gasteiger partial charge in [0.25, 0.3) is 0 Å². The Morgan fingerprint density at radius 2 is 2.17 bits per heavy atom. The van der Waals surface area contributed by atoms with Crippen molar-refractivity contribution in [1.29, 1.82) is 0 Å². The van der Waals surface area contributed by atoms with Crippen LogP contribution in [0.4, 0.5) is 15.4 Å². The zero-order valence-electron chi connectivity index (χ0n) is 6.02. The molecule has 0 aliphatic rings. The Labute approximate surface area is 67.3 Å². The molecule has 7 heteroatoms. The molecular formula is C5H7N5O2. The third kappa shape index (κ3) is 1.72. The first-order valence-electron chi connectivity index (χ1n) is 3.01. The molecule has 0 aliphatic carbocycles. The number of nitrogens with two attached hydrogens (primary N) is 2. The molecule has 0 unspecified atom stereocenters. The number of nitrogens with zero attached hydrogens (tertiary/aromatic N) is 2. The number of anilines is 1. The zero-order valence-corrected chi connectivity index (χ0v) is 6.02. The van der Waals surface area contributed by atoms with Crippen LogP contribution in [-0.2, 0) is 0 Å². The molecule has 0 saturated heterocycles. The predicted octanol–water partition coefficient (Wildman–Crippen LogP) is -0.699. The Morgan fingerprint density at radius 3 is 2.58 bits per heavy atom. The Balaban J connectivity index is 2.77. The van der Waals surface area contributed by atoms with Crippen LogP contribution in [0.25, 0.3) is 0 Å². The van der Waals surface area contributed by atoms with Gasteiger partial charge in [0.05, 0.1) is 0 Å².